The van der Waals surface area contributed by atoms with Crippen LogP contribution in [-0.4, -0.2) is 40.8 Å². The van der Waals surface area contributed by atoms with Crippen molar-refractivity contribution in [1.29, 1.82) is 0 Å². The third kappa shape index (κ3) is 4.42. The van der Waals surface area contributed by atoms with Crippen LogP contribution in [0.4, 0.5) is 4.79 Å². The Morgan fingerprint density at radius 3 is 2.56 bits per heavy atom. The average Bonchev–Trinajstić information content (AvgIpc) is 2.82. The number of esters is 1. The predicted molar refractivity (Wildman–Crippen MR) is 96.1 cm³/mol. The van der Waals surface area contributed by atoms with Crippen molar-refractivity contribution in [2.45, 2.75) is 39.8 Å². The third-order valence-electron chi connectivity index (χ3n) is 3.41. The predicted octanol–water partition coefficient (Wildman–Crippen LogP) is 3.46. The molecule has 1 atom stereocenters. The second-order valence-corrected chi connectivity index (χ2v) is 6.68. The number of amides is 2. The molecule has 1 aliphatic rings. The van der Waals surface area contributed by atoms with Crippen molar-refractivity contribution in [3.8, 4) is 5.75 Å². The molecule has 25 heavy (non-hydrogen) atoms. The molecule has 7 heteroatoms. The van der Waals surface area contributed by atoms with Gasteiger partial charge in [-0.05, 0) is 51.6 Å². The van der Waals surface area contributed by atoms with Crippen molar-refractivity contribution in [3.05, 3.63) is 34.7 Å². The summed E-state index contributed by atoms with van der Waals surface area (Å²) in [6, 6.07) is 6.31. The lowest BCUT2D eigenvalue weighted by atomic mass is 10.1. The number of hydrogen-bond acceptors (Lipinski definition) is 6. The van der Waals surface area contributed by atoms with Gasteiger partial charge in [0.25, 0.3) is 11.1 Å². The van der Waals surface area contributed by atoms with E-state index in [1.54, 1.807) is 25.1 Å². The zero-order valence-electron chi connectivity index (χ0n) is 14.6. The molecule has 1 aliphatic heterocycles. The maximum absolute atomic E-state index is 12.6. The minimum Gasteiger partial charge on any atom is -0.490 e. The number of carbonyl (C=O) groups is 3. The SMILES string of the molecule is CCOC(=O)[C@@H](C)N1C(=O)S/C(=C\c2ccccc2OC(C)C)C1=O. The Kier molecular flexibility index (Phi) is 6.25. The Hall–Kier alpha value is -2.28. The van der Waals surface area contributed by atoms with E-state index in [9.17, 15) is 14.4 Å². The lowest BCUT2D eigenvalue weighted by Gasteiger charge is -2.19. The normalized spacial score (nSPS) is 17.3. The number of thioether (sulfide) groups is 1. The van der Waals surface area contributed by atoms with E-state index in [0.29, 0.717) is 11.3 Å². The first-order valence-corrected chi connectivity index (χ1v) is 8.86. The average molecular weight is 363 g/mol. The number of rotatable bonds is 6. The van der Waals surface area contributed by atoms with Gasteiger partial charge in [0.1, 0.15) is 11.8 Å². The molecule has 0 aliphatic carbocycles. The standard InChI is InChI=1S/C18H21NO5S/c1-5-23-17(21)12(4)19-16(20)15(25-18(19)22)10-13-8-6-7-9-14(13)24-11(2)3/h6-12H,5H2,1-4H3/b15-10-/t12-/m1/s1. The van der Waals surface area contributed by atoms with Crippen LogP contribution in [0.5, 0.6) is 5.75 Å². The van der Waals surface area contributed by atoms with Gasteiger partial charge < -0.3 is 9.47 Å². The Labute approximate surface area is 151 Å². The van der Waals surface area contributed by atoms with Gasteiger partial charge in [-0.2, -0.15) is 0 Å². The fraction of sp³-hybridized carbons (Fsp3) is 0.389. The summed E-state index contributed by atoms with van der Waals surface area (Å²) in [7, 11) is 0. The fourth-order valence-electron chi connectivity index (χ4n) is 2.28. The summed E-state index contributed by atoms with van der Waals surface area (Å²) >= 11 is 0.803. The minimum atomic E-state index is -0.958. The molecule has 0 bridgehead atoms. The quantitative estimate of drug-likeness (QED) is 0.569. The van der Waals surface area contributed by atoms with Crippen molar-refractivity contribution >= 4 is 35.0 Å². The van der Waals surface area contributed by atoms with Crippen LogP contribution < -0.4 is 4.74 Å². The molecule has 1 aromatic rings. The topological polar surface area (TPSA) is 72.9 Å². The molecule has 0 saturated carbocycles. The number of hydrogen-bond donors (Lipinski definition) is 0. The highest BCUT2D eigenvalue weighted by molar-refractivity contribution is 8.18. The van der Waals surface area contributed by atoms with Crippen LogP contribution in [0.15, 0.2) is 29.2 Å². The van der Waals surface area contributed by atoms with Crippen molar-refractivity contribution in [2.24, 2.45) is 0 Å². The number of nitrogens with zero attached hydrogens (tertiary/aromatic N) is 1. The summed E-state index contributed by atoms with van der Waals surface area (Å²) in [5.41, 5.74) is 0.700. The van der Waals surface area contributed by atoms with Crippen LogP contribution >= 0.6 is 11.8 Å². The zero-order chi connectivity index (χ0) is 18.6. The largest absolute Gasteiger partial charge is 0.490 e. The van der Waals surface area contributed by atoms with E-state index in [-0.39, 0.29) is 17.6 Å². The van der Waals surface area contributed by atoms with E-state index in [1.165, 1.54) is 6.92 Å². The van der Waals surface area contributed by atoms with E-state index in [0.717, 1.165) is 16.7 Å². The lowest BCUT2D eigenvalue weighted by Crippen LogP contribution is -2.42. The molecule has 1 heterocycles. The molecule has 2 amide bonds. The maximum Gasteiger partial charge on any atom is 0.329 e. The molecule has 0 spiro atoms. The summed E-state index contributed by atoms with van der Waals surface area (Å²) in [5, 5.41) is -0.487. The van der Waals surface area contributed by atoms with Gasteiger partial charge in [-0.3, -0.25) is 14.5 Å². The summed E-state index contributed by atoms with van der Waals surface area (Å²) < 4.78 is 10.6. The number of para-hydroxylation sites is 1. The highest BCUT2D eigenvalue weighted by atomic mass is 32.2. The van der Waals surface area contributed by atoms with Crippen molar-refractivity contribution in [3.63, 3.8) is 0 Å². The molecule has 1 fully saturated rings. The Bertz CT molecular complexity index is 713. The fourth-order valence-corrected chi connectivity index (χ4v) is 3.18. The van der Waals surface area contributed by atoms with Crippen LogP contribution in [0.1, 0.15) is 33.3 Å². The van der Waals surface area contributed by atoms with Crippen molar-refractivity contribution < 1.29 is 23.9 Å². The molecule has 0 radical (unpaired) electrons. The summed E-state index contributed by atoms with van der Waals surface area (Å²) in [4.78, 5) is 37.8. The second kappa shape index (κ2) is 8.20. The van der Waals surface area contributed by atoms with E-state index in [4.69, 9.17) is 9.47 Å². The molecule has 1 saturated heterocycles. The van der Waals surface area contributed by atoms with Gasteiger partial charge in [0, 0.05) is 5.56 Å². The first-order valence-electron chi connectivity index (χ1n) is 8.04. The van der Waals surface area contributed by atoms with Gasteiger partial charge in [0.15, 0.2) is 0 Å². The maximum atomic E-state index is 12.6. The van der Waals surface area contributed by atoms with Gasteiger partial charge in [-0.25, -0.2) is 4.79 Å². The monoisotopic (exact) mass is 363 g/mol. The zero-order valence-corrected chi connectivity index (χ0v) is 15.5. The Balaban J connectivity index is 2.28. The van der Waals surface area contributed by atoms with Gasteiger partial charge in [-0.1, -0.05) is 18.2 Å². The smallest absolute Gasteiger partial charge is 0.329 e. The molecule has 134 valence electrons. The number of benzene rings is 1. The van der Waals surface area contributed by atoms with Gasteiger partial charge in [0.2, 0.25) is 0 Å². The first kappa shape index (κ1) is 19.1. The van der Waals surface area contributed by atoms with Crippen molar-refractivity contribution in [2.75, 3.05) is 6.61 Å². The van der Waals surface area contributed by atoms with Crippen LogP contribution in [0.2, 0.25) is 0 Å². The van der Waals surface area contributed by atoms with E-state index >= 15 is 0 Å². The molecule has 2 rings (SSSR count). The lowest BCUT2D eigenvalue weighted by molar-refractivity contribution is -0.150. The molecular formula is C18H21NO5S. The summed E-state index contributed by atoms with van der Waals surface area (Å²) in [5.74, 6) is -0.479. The number of imide groups is 1. The van der Waals surface area contributed by atoms with Crippen molar-refractivity contribution in [1.82, 2.24) is 4.90 Å². The molecule has 0 unspecified atom stereocenters. The molecule has 6 nitrogen and oxygen atoms in total. The van der Waals surface area contributed by atoms with E-state index in [1.807, 2.05) is 26.0 Å². The minimum absolute atomic E-state index is 0.0200. The highest BCUT2D eigenvalue weighted by Crippen LogP contribution is 2.35. The summed E-state index contributed by atoms with van der Waals surface area (Å²) in [6.07, 6.45) is 1.59. The second-order valence-electron chi connectivity index (χ2n) is 5.68. The number of ether oxygens (including phenoxy) is 2. The molecular weight excluding hydrogens is 342 g/mol. The Morgan fingerprint density at radius 2 is 1.92 bits per heavy atom. The Morgan fingerprint density at radius 1 is 1.24 bits per heavy atom. The van der Waals surface area contributed by atoms with Crippen LogP contribution in [-0.2, 0) is 14.3 Å². The van der Waals surface area contributed by atoms with Gasteiger partial charge in [0.05, 0.1) is 17.6 Å². The summed E-state index contributed by atoms with van der Waals surface area (Å²) in [6.45, 7) is 7.16. The highest BCUT2D eigenvalue weighted by Gasteiger charge is 2.41. The van der Waals surface area contributed by atoms with E-state index in [2.05, 4.69) is 0 Å². The number of carbonyl (C=O) groups excluding carboxylic acids is 3. The molecule has 0 aromatic heterocycles. The molecule has 1 aromatic carbocycles. The van der Waals surface area contributed by atoms with Crippen LogP contribution in [0, 0.1) is 0 Å². The third-order valence-corrected chi connectivity index (χ3v) is 4.29. The van der Waals surface area contributed by atoms with E-state index < -0.39 is 23.2 Å². The van der Waals surface area contributed by atoms with Gasteiger partial charge >= 0.3 is 5.97 Å². The molecule has 0 N–H and O–H groups in total. The van der Waals surface area contributed by atoms with Gasteiger partial charge in [-0.15, -0.1) is 0 Å². The van der Waals surface area contributed by atoms with Crippen LogP contribution in [0.3, 0.4) is 0 Å². The van der Waals surface area contributed by atoms with Crippen LogP contribution in [0.25, 0.3) is 6.08 Å². The first-order chi connectivity index (χ1) is 11.8.